The van der Waals surface area contributed by atoms with Gasteiger partial charge in [0.2, 0.25) is 0 Å². The molecule has 0 amide bonds. The van der Waals surface area contributed by atoms with Gasteiger partial charge in [0, 0.05) is 18.6 Å². The maximum atomic E-state index is 13.9. The van der Waals surface area contributed by atoms with Crippen LogP contribution in [0, 0.1) is 5.92 Å². The standard InChI is InChI=1S/C15H18F14OS/c1-8(30)7-31-4-2-3-9(5-10(16,12(18,19)20)13(21,22)23)6-11(17,14(24,25)26)15(27,28)29/h8-9,30H,2-7H2,1H3. The van der Waals surface area contributed by atoms with Crippen molar-refractivity contribution in [1.29, 1.82) is 0 Å². The Morgan fingerprint density at radius 1 is 0.645 bits per heavy atom. The van der Waals surface area contributed by atoms with Crippen molar-refractivity contribution in [3.8, 4) is 0 Å². The fraction of sp³-hybridized carbons (Fsp3) is 1.00. The molecule has 0 rings (SSSR count). The zero-order valence-corrected chi connectivity index (χ0v) is 16.4. The highest BCUT2D eigenvalue weighted by molar-refractivity contribution is 7.99. The molecular weight excluding hydrogens is 494 g/mol. The summed E-state index contributed by atoms with van der Waals surface area (Å²) in [5, 5.41) is 9.00. The molecule has 0 radical (unpaired) electrons. The van der Waals surface area contributed by atoms with E-state index in [1.165, 1.54) is 6.92 Å². The van der Waals surface area contributed by atoms with Crippen LogP contribution in [-0.4, -0.2) is 58.8 Å². The van der Waals surface area contributed by atoms with Crippen LogP contribution in [0.2, 0.25) is 0 Å². The molecule has 0 aromatic carbocycles. The molecule has 0 aliphatic heterocycles. The Bertz CT molecular complexity index is 480. The molecular formula is C15H18F14OS. The van der Waals surface area contributed by atoms with Gasteiger partial charge < -0.3 is 5.11 Å². The summed E-state index contributed by atoms with van der Waals surface area (Å²) in [4.78, 5) is 0. The van der Waals surface area contributed by atoms with Crippen LogP contribution in [0.25, 0.3) is 0 Å². The summed E-state index contributed by atoms with van der Waals surface area (Å²) in [6, 6.07) is 0. The average molecular weight is 512 g/mol. The molecule has 1 nitrogen and oxygen atoms in total. The van der Waals surface area contributed by atoms with Gasteiger partial charge in [-0.2, -0.15) is 64.4 Å². The first-order valence-electron chi connectivity index (χ1n) is 8.40. The van der Waals surface area contributed by atoms with E-state index in [2.05, 4.69) is 0 Å². The molecule has 0 bridgehead atoms. The molecule has 0 saturated carbocycles. The van der Waals surface area contributed by atoms with Crippen LogP contribution in [0.5, 0.6) is 0 Å². The zero-order valence-electron chi connectivity index (χ0n) is 15.5. The Hall–Kier alpha value is -0.670. The van der Waals surface area contributed by atoms with Gasteiger partial charge in [-0.15, -0.1) is 0 Å². The SMILES string of the molecule is CC(O)CSCCCC(CC(F)(C(F)(F)F)C(F)(F)F)CC(F)(C(F)(F)F)C(F)(F)F. The van der Waals surface area contributed by atoms with Gasteiger partial charge in [-0.1, -0.05) is 0 Å². The van der Waals surface area contributed by atoms with Gasteiger partial charge in [0.25, 0.3) is 11.3 Å². The van der Waals surface area contributed by atoms with Crippen LogP contribution >= 0.6 is 11.8 Å². The van der Waals surface area contributed by atoms with E-state index < -0.39 is 73.7 Å². The summed E-state index contributed by atoms with van der Waals surface area (Å²) < 4.78 is 181. The Morgan fingerprint density at radius 3 is 1.23 bits per heavy atom. The van der Waals surface area contributed by atoms with Gasteiger partial charge in [0.05, 0.1) is 6.10 Å². The molecule has 0 aliphatic rings. The Kier molecular flexibility index (Phi) is 9.86. The highest BCUT2D eigenvalue weighted by Gasteiger charge is 2.75. The van der Waals surface area contributed by atoms with Crippen molar-refractivity contribution in [2.24, 2.45) is 5.92 Å². The van der Waals surface area contributed by atoms with E-state index >= 15 is 0 Å². The first-order valence-corrected chi connectivity index (χ1v) is 9.55. The van der Waals surface area contributed by atoms with Gasteiger partial charge in [-0.25, -0.2) is 8.78 Å². The predicted molar refractivity (Wildman–Crippen MR) is 82.9 cm³/mol. The molecule has 0 aromatic heterocycles. The molecule has 16 heteroatoms. The Labute approximate surface area is 171 Å². The van der Waals surface area contributed by atoms with E-state index in [1.54, 1.807) is 0 Å². The summed E-state index contributed by atoms with van der Waals surface area (Å²) in [5.41, 5.74) is -12.3. The van der Waals surface area contributed by atoms with E-state index in [1.807, 2.05) is 0 Å². The van der Waals surface area contributed by atoms with Gasteiger partial charge in [0.15, 0.2) is 0 Å². The highest BCUT2D eigenvalue weighted by Crippen LogP contribution is 2.55. The van der Waals surface area contributed by atoms with Gasteiger partial charge in [0.1, 0.15) is 0 Å². The van der Waals surface area contributed by atoms with E-state index in [0.717, 1.165) is 11.8 Å². The lowest BCUT2D eigenvalue weighted by Gasteiger charge is -2.37. The smallest absolute Gasteiger partial charge is 0.393 e. The largest absolute Gasteiger partial charge is 0.431 e. The molecule has 1 N–H and O–H groups in total. The summed E-state index contributed by atoms with van der Waals surface area (Å²) in [5.74, 6) is -3.15. The van der Waals surface area contributed by atoms with Crippen LogP contribution in [0.1, 0.15) is 32.6 Å². The van der Waals surface area contributed by atoms with Crippen molar-refractivity contribution in [3.05, 3.63) is 0 Å². The van der Waals surface area contributed by atoms with Crippen molar-refractivity contribution >= 4 is 11.8 Å². The minimum Gasteiger partial charge on any atom is -0.393 e. The zero-order chi connectivity index (χ0) is 25.1. The number of alkyl halides is 14. The third-order valence-corrected chi connectivity index (χ3v) is 5.49. The molecule has 0 heterocycles. The molecule has 0 saturated heterocycles. The monoisotopic (exact) mass is 512 g/mol. The number of aliphatic hydroxyl groups is 1. The van der Waals surface area contributed by atoms with Crippen molar-refractivity contribution in [2.45, 2.75) is 74.8 Å². The maximum absolute atomic E-state index is 13.9. The molecule has 1 unspecified atom stereocenters. The fourth-order valence-electron chi connectivity index (χ4n) is 2.58. The normalized spacial score (nSPS) is 16.2. The number of hydrogen-bond donors (Lipinski definition) is 1. The molecule has 31 heavy (non-hydrogen) atoms. The number of thioether (sulfide) groups is 1. The van der Waals surface area contributed by atoms with Gasteiger partial charge >= 0.3 is 24.7 Å². The van der Waals surface area contributed by atoms with Crippen LogP contribution in [-0.2, 0) is 0 Å². The van der Waals surface area contributed by atoms with E-state index in [-0.39, 0.29) is 11.5 Å². The Balaban J connectivity index is 5.95. The highest BCUT2D eigenvalue weighted by atomic mass is 32.2. The molecule has 188 valence electrons. The van der Waals surface area contributed by atoms with Crippen molar-refractivity contribution < 1.29 is 66.6 Å². The fourth-order valence-corrected chi connectivity index (χ4v) is 3.46. The first kappa shape index (κ1) is 30.3. The van der Waals surface area contributed by atoms with Crippen LogP contribution < -0.4 is 0 Å². The van der Waals surface area contributed by atoms with E-state index in [9.17, 15) is 61.5 Å². The third-order valence-electron chi connectivity index (χ3n) is 4.20. The number of aliphatic hydroxyl groups excluding tert-OH is 1. The number of rotatable bonds is 10. The minimum absolute atomic E-state index is 0.0129. The lowest BCUT2D eigenvalue weighted by molar-refractivity contribution is -0.356. The second kappa shape index (κ2) is 10.1. The molecule has 0 aromatic rings. The lowest BCUT2D eigenvalue weighted by atomic mass is 9.80. The number of halogens is 14. The van der Waals surface area contributed by atoms with Crippen LogP contribution in [0.4, 0.5) is 61.5 Å². The predicted octanol–water partition coefficient (Wildman–Crippen LogP) is 6.94. The van der Waals surface area contributed by atoms with E-state index in [0.29, 0.717) is 0 Å². The van der Waals surface area contributed by atoms with Crippen molar-refractivity contribution in [3.63, 3.8) is 0 Å². The average Bonchev–Trinajstić information content (AvgIpc) is 2.49. The number of hydrogen-bond acceptors (Lipinski definition) is 2. The molecule has 0 spiro atoms. The molecule has 1 atom stereocenters. The van der Waals surface area contributed by atoms with Crippen LogP contribution in [0.3, 0.4) is 0 Å². The Morgan fingerprint density at radius 2 is 0.968 bits per heavy atom. The molecule has 0 aliphatic carbocycles. The second-order valence-electron chi connectivity index (χ2n) is 6.93. The summed E-state index contributed by atoms with van der Waals surface area (Å²) in [6.07, 6.45) is -35.3. The third kappa shape index (κ3) is 7.70. The second-order valence-corrected chi connectivity index (χ2v) is 8.08. The van der Waals surface area contributed by atoms with Crippen LogP contribution in [0.15, 0.2) is 0 Å². The lowest BCUT2D eigenvalue weighted by Crippen LogP contribution is -2.57. The topological polar surface area (TPSA) is 20.2 Å². The van der Waals surface area contributed by atoms with E-state index in [4.69, 9.17) is 5.11 Å². The summed E-state index contributed by atoms with van der Waals surface area (Å²) in [7, 11) is 0. The summed E-state index contributed by atoms with van der Waals surface area (Å²) >= 11 is 0.835. The minimum atomic E-state index is -6.72. The van der Waals surface area contributed by atoms with Gasteiger partial charge in [-0.3, -0.25) is 0 Å². The molecule has 0 fully saturated rings. The summed E-state index contributed by atoms with van der Waals surface area (Å²) in [6.45, 7) is 1.30. The quantitative estimate of drug-likeness (QED) is 0.253. The van der Waals surface area contributed by atoms with Crippen molar-refractivity contribution in [1.82, 2.24) is 0 Å². The van der Waals surface area contributed by atoms with Gasteiger partial charge in [-0.05, 0) is 31.4 Å². The first-order chi connectivity index (χ1) is 13.5. The van der Waals surface area contributed by atoms with Crippen molar-refractivity contribution in [2.75, 3.05) is 11.5 Å². The maximum Gasteiger partial charge on any atom is 0.431 e.